The maximum Gasteiger partial charge on any atom is 0.254 e. The Labute approximate surface area is 146 Å². The Morgan fingerprint density at radius 2 is 1.68 bits per heavy atom. The van der Waals surface area contributed by atoms with Crippen LogP contribution >= 0.6 is 0 Å². The van der Waals surface area contributed by atoms with E-state index in [0.29, 0.717) is 24.3 Å². The van der Waals surface area contributed by atoms with Gasteiger partial charge in [-0.05, 0) is 30.7 Å². The molecule has 0 bridgehead atoms. The van der Waals surface area contributed by atoms with Crippen molar-refractivity contribution in [3.05, 3.63) is 65.7 Å². The maximum atomic E-state index is 12.8. The average molecular weight is 336 g/mol. The largest absolute Gasteiger partial charge is 0.335 e. The molecule has 2 aromatic carbocycles. The molecule has 0 unspecified atom stereocenters. The number of carbonyl (C=O) groups is 3. The highest BCUT2D eigenvalue weighted by atomic mass is 16.2. The molecule has 0 radical (unpaired) electrons. The molecule has 0 saturated carbocycles. The van der Waals surface area contributed by atoms with Crippen molar-refractivity contribution in [3.63, 3.8) is 0 Å². The van der Waals surface area contributed by atoms with Crippen molar-refractivity contribution < 1.29 is 14.4 Å². The van der Waals surface area contributed by atoms with E-state index in [9.17, 15) is 14.4 Å². The van der Waals surface area contributed by atoms with Gasteiger partial charge in [0.2, 0.25) is 11.8 Å². The quantitative estimate of drug-likeness (QED) is 0.789. The van der Waals surface area contributed by atoms with E-state index in [2.05, 4.69) is 0 Å². The summed E-state index contributed by atoms with van der Waals surface area (Å²) < 4.78 is 0. The van der Waals surface area contributed by atoms with Crippen molar-refractivity contribution in [1.82, 2.24) is 4.90 Å². The van der Waals surface area contributed by atoms with Gasteiger partial charge in [0.25, 0.3) is 5.91 Å². The third-order valence-corrected chi connectivity index (χ3v) is 4.29. The summed E-state index contributed by atoms with van der Waals surface area (Å²) in [6, 6.07) is 16.5. The molecule has 3 amide bonds. The van der Waals surface area contributed by atoms with Gasteiger partial charge in [-0.1, -0.05) is 36.4 Å². The minimum Gasteiger partial charge on any atom is -0.335 e. The molecular weight excluding hydrogens is 316 g/mol. The van der Waals surface area contributed by atoms with E-state index in [0.717, 1.165) is 5.56 Å². The zero-order chi connectivity index (χ0) is 17.8. The summed E-state index contributed by atoms with van der Waals surface area (Å²) in [6.45, 7) is 3.01. The first-order valence-corrected chi connectivity index (χ1v) is 8.39. The summed E-state index contributed by atoms with van der Waals surface area (Å²) >= 11 is 0. The molecule has 128 valence electrons. The predicted molar refractivity (Wildman–Crippen MR) is 95.0 cm³/mol. The van der Waals surface area contributed by atoms with Crippen molar-refractivity contribution in [2.24, 2.45) is 0 Å². The van der Waals surface area contributed by atoms with Crippen LogP contribution in [0.4, 0.5) is 5.69 Å². The Morgan fingerprint density at radius 3 is 2.32 bits per heavy atom. The number of hydrogen-bond donors (Lipinski definition) is 0. The second-order valence-electron chi connectivity index (χ2n) is 5.98. The molecule has 0 aromatic heterocycles. The van der Waals surface area contributed by atoms with E-state index in [4.69, 9.17) is 0 Å². The molecule has 5 nitrogen and oxygen atoms in total. The Morgan fingerprint density at radius 1 is 1.00 bits per heavy atom. The normalized spacial score (nSPS) is 14.0. The average Bonchev–Trinajstić information content (AvgIpc) is 2.98. The molecule has 1 aliphatic heterocycles. The molecule has 2 aromatic rings. The fraction of sp³-hybridized carbons (Fsp3) is 0.250. The van der Waals surface area contributed by atoms with Gasteiger partial charge >= 0.3 is 0 Å². The Bertz CT molecular complexity index is 786. The monoisotopic (exact) mass is 336 g/mol. The Hall–Kier alpha value is -2.95. The van der Waals surface area contributed by atoms with Crippen molar-refractivity contribution in [3.8, 4) is 0 Å². The predicted octanol–water partition coefficient (Wildman–Crippen LogP) is 3.00. The molecule has 0 atom stereocenters. The molecule has 3 rings (SSSR count). The lowest BCUT2D eigenvalue weighted by Crippen LogP contribution is -2.31. The summed E-state index contributed by atoms with van der Waals surface area (Å²) in [5.74, 6) is -0.551. The lowest BCUT2D eigenvalue weighted by molar-refractivity contribution is -0.121. The molecule has 0 N–H and O–H groups in total. The zero-order valence-corrected chi connectivity index (χ0v) is 14.1. The van der Waals surface area contributed by atoms with Gasteiger partial charge < -0.3 is 4.90 Å². The summed E-state index contributed by atoms with van der Waals surface area (Å²) in [6.07, 6.45) is 0.457. The second kappa shape index (κ2) is 7.30. The van der Waals surface area contributed by atoms with Crippen molar-refractivity contribution >= 4 is 23.4 Å². The van der Waals surface area contributed by atoms with Gasteiger partial charge in [-0.25, -0.2) is 0 Å². The number of rotatable bonds is 5. The topological polar surface area (TPSA) is 57.7 Å². The Balaban J connectivity index is 1.83. The number of anilines is 1. The fourth-order valence-electron chi connectivity index (χ4n) is 2.96. The highest BCUT2D eigenvalue weighted by molar-refractivity contribution is 6.20. The van der Waals surface area contributed by atoms with E-state index in [-0.39, 0.29) is 30.6 Å². The summed E-state index contributed by atoms with van der Waals surface area (Å²) in [5, 5.41) is 0. The van der Waals surface area contributed by atoms with Crippen LogP contribution in [0.5, 0.6) is 0 Å². The van der Waals surface area contributed by atoms with Crippen LogP contribution in [-0.2, 0) is 16.1 Å². The van der Waals surface area contributed by atoms with Crippen LogP contribution in [-0.4, -0.2) is 29.2 Å². The lowest BCUT2D eigenvalue weighted by Gasteiger charge is -2.22. The van der Waals surface area contributed by atoms with E-state index in [1.807, 2.05) is 37.3 Å². The first kappa shape index (κ1) is 16.9. The summed E-state index contributed by atoms with van der Waals surface area (Å²) in [5.41, 5.74) is 2.00. The molecule has 1 fully saturated rings. The SMILES string of the molecule is CCN(Cc1ccccc1)C(=O)c1cccc(N2C(=O)CCC2=O)c1. The highest BCUT2D eigenvalue weighted by Crippen LogP contribution is 2.24. The summed E-state index contributed by atoms with van der Waals surface area (Å²) in [7, 11) is 0. The van der Waals surface area contributed by atoms with E-state index in [1.165, 1.54) is 4.90 Å². The first-order chi connectivity index (χ1) is 12.1. The molecule has 1 saturated heterocycles. The van der Waals surface area contributed by atoms with E-state index >= 15 is 0 Å². The van der Waals surface area contributed by atoms with Crippen LogP contribution in [0.1, 0.15) is 35.7 Å². The minimum atomic E-state index is -0.216. The second-order valence-corrected chi connectivity index (χ2v) is 5.98. The molecule has 1 heterocycles. The van der Waals surface area contributed by atoms with Gasteiger partial charge in [0.05, 0.1) is 5.69 Å². The summed E-state index contributed by atoms with van der Waals surface area (Å²) in [4.78, 5) is 39.6. The molecule has 0 spiro atoms. The highest BCUT2D eigenvalue weighted by Gasteiger charge is 2.30. The van der Waals surface area contributed by atoms with Gasteiger partial charge in [0.1, 0.15) is 0 Å². The number of amides is 3. The van der Waals surface area contributed by atoms with E-state index in [1.54, 1.807) is 29.2 Å². The van der Waals surface area contributed by atoms with Gasteiger partial charge in [0, 0.05) is 31.5 Å². The smallest absolute Gasteiger partial charge is 0.254 e. The van der Waals surface area contributed by atoms with Gasteiger partial charge in [-0.15, -0.1) is 0 Å². The van der Waals surface area contributed by atoms with Crippen LogP contribution < -0.4 is 4.90 Å². The molecule has 25 heavy (non-hydrogen) atoms. The van der Waals surface area contributed by atoms with Crippen LogP contribution in [0.15, 0.2) is 54.6 Å². The molecule has 0 aliphatic carbocycles. The fourth-order valence-corrected chi connectivity index (χ4v) is 2.96. The van der Waals surface area contributed by atoms with Crippen molar-refractivity contribution in [2.75, 3.05) is 11.4 Å². The van der Waals surface area contributed by atoms with Gasteiger partial charge in [-0.2, -0.15) is 0 Å². The lowest BCUT2D eigenvalue weighted by atomic mass is 10.1. The number of benzene rings is 2. The third-order valence-electron chi connectivity index (χ3n) is 4.29. The van der Waals surface area contributed by atoms with Gasteiger partial charge in [0.15, 0.2) is 0 Å². The van der Waals surface area contributed by atoms with Crippen molar-refractivity contribution in [2.45, 2.75) is 26.3 Å². The minimum absolute atomic E-state index is 0.118. The Kier molecular flexibility index (Phi) is 4.93. The first-order valence-electron chi connectivity index (χ1n) is 8.39. The zero-order valence-electron chi connectivity index (χ0n) is 14.1. The number of hydrogen-bond acceptors (Lipinski definition) is 3. The van der Waals surface area contributed by atoms with E-state index < -0.39 is 0 Å². The molecule has 5 heteroatoms. The maximum absolute atomic E-state index is 12.8. The van der Waals surface area contributed by atoms with Crippen LogP contribution in [0.2, 0.25) is 0 Å². The molecule has 1 aliphatic rings. The standard InChI is InChI=1S/C20H20N2O3/c1-2-21(14-15-7-4-3-5-8-15)20(25)16-9-6-10-17(13-16)22-18(23)11-12-19(22)24/h3-10,13H,2,11-12,14H2,1H3. The van der Waals surface area contributed by atoms with Gasteiger partial charge in [-0.3, -0.25) is 19.3 Å². The third kappa shape index (κ3) is 3.60. The number of imide groups is 1. The van der Waals surface area contributed by atoms with Crippen molar-refractivity contribution in [1.29, 1.82) is 0 Å². The van der Waals surface area contributed by atoms with Crippen LogP contribution in [0.25, 0.3) is 0 Å². The van der Waals surface area contributed by atoms with Crippen LogP contribution in [0.3, 0.4) is 0 Å². The number of nitrogens with zero attached hydrogens (tertiary/aromatic N) is 2. The number of carbonyl (C=O) groups excluding carboxylic acids is 3. The molecular formula is C20H20N2O3. The van der Waals surface area contributed by atoms with Crippen LogP contribution in [0, 0.1) is 0 Å².